The SMILES string of the molecule is Cc1ccc(CNC(=O)ON2CCc3cnc(N[C@@H](C)CO)nc3C2)cc1C(F)(F)F. The number of halogens is 3. The van der Waals surface area contributed by atoms with Crippen LogP contribution in [0.15, 0.2) is 24.4 Å². The van der Waals surface area contributed by atoms with Crippen molar-refractivity contribution < 1.29 is 27.9 Å². The predicted octanol–water partition coefficient (Wildman–Crippen LogP) is 2.80. The monoisotopic (exact) mass is 439 g/mol. The van der Waals surface area contributed by atoms with Crippen LogP contribution in [-0.2, 0) is 30.5 Å². The van der Waals surface area contributed by atoms with Crippen LogP contribution in [0.5, 0.6) is 0 Å². The Labute approximate surface area is 177 Å². The number of aryl methyl sites for hydroxylation is 1. The van der Waals surface area contributed by atoms with Gasteiger partial charge in [0, 0.05) is 25.3 Å². The van der Waals surface area contributed by atoms with Crippen LogP contribution < -0.4 is 10.6 Å². The van der Waals surface area contributed by atoms with Crippen molar-refractivity contribution in [3.63, 3.8) is 0 Å². The molecule has 1 aromatic heterocycles. The van der Waals surface area contributed by atoms with Crippen molar-refractivity contribution in [1.82, 2.24) is 20.3 Å². The Morgan fingerprint density at radius 1 is 1.39 bits per heavy atom. The summed E-state index contributed by atoms with van der Waals surface area (Å²) in [5.74, 6) is 0.367. The number of amides is 1. The maximum Gasteiger partial charge on any atom is 0.426 e. The molecular formula is C20H24F3N5O3. The quantitative estimate of drug-likeness (QED) is 0.637. The number of anilines is 1. The lowest BCUT2D eigenvalue weighted by Crippen LogP contribution is -2.37. The Kier molecular flexibility index (Phi) is 6.96. The Balaban J connectivity index is 1.56. The summed E-state index contributed by atoms with van der Waals surface area (Å²) in [5.41, 5.74) is 1.33. The third-order valence-corrected chi connectivity index (χ3v) is 4.82. The van der Waals surface area contributed by atoms with Crippen LogP contribution in [0.2, 0.25) is 0 Å². The number of nitrogens with one attached hydrogen (secondary N) is 2. The third kappa shape index (κ3) is 6.05. The minimum absolute atomic E-state index is 0.0682. The van der Waals surface area contributed by atoms with Gasteiger partial charge in [0.1, 0.15) is 0 Å². The number of fused-ring (bicyclic) bond motifs is 1. The van der Waals surface area contributed by atoms with E-state index in [1.54, 1.807) is 13.1 Å². The number of alkyl halides is 3. The van der Waals surface area contributed by atoms with Crippen LogP contribution in [0.1, 0.15) is 34.9 Å². The number of rotatable bonds is 6. The summed E-state index contributed by atoms with van der Waals surface area (Å²) in [5, 5.41) is 16.0. The van der Waals surface area contributed by atoms with Crippen LogP contribution in [-0.4, -0.2) is 45.4 Å². The number of aliphatic hydroxyl groups is 1. The molecule has 168 valence electrons. The summed E-state index contributed by atoms with van der Waals surface area (Å²) in [6.07, 6.45) is -2.95. The zero-order chi connectivity index (χ0) is 22.6. The second kappa shape index (κ2) is 9.48. The number of hydrogen-bond acceptors (Lipinski definition) is 7. The highest BCUT2D eigenvalue weighted by molar-refractivity contribution is 5.66. The molecule has 2 aromatic rings. The molecule has 0 spiro atoms. The molecule has 2 heterocycles. The molecule has 1 aromatic carbocycles. The van der Waals surface area contributed by atoms with E-state index in [0.29, 0.717) is 30.2 Å². The van der Waals surface area contributed by atoms with Crippen molar-refractivity contribution in [3.05, 3.63) is 52.3 Å². The van der Waals surface area contributed by atoms with Crippen LogP contribution in [0.25, 0.3) is 0 Å². The summed E-state index contributed by atoms with van der Waals surface area (Å²) < 4.78 is 39.1. The molecule has 3 N–H and O–H groups in total. The molecule has 3 rings (SSSR count). The minimum atomic E-state index is -4.45. The maximum absolute atomic E-state index is 13.0. The highest BCUT2D eigenvalue weighted by Gasteiger charge is 2.32. The Bertz CT molecular complexity index is 939. The Hall–Kier alpha value is -2.92. The van der Waals surface area contributed by atoms with Crippen molar-refractivity contribution in [2.45, 2.75) is 45.6 Å². The topological polar surface area (TPSA) is 99.6 Å². The first-order chi connectivity index (χ1) is 14.7. The smallest absolute Gasteiger partial charge is 0.394 e. The van der Waals surface area contributed by atoms with Crippen LogP contribution in [0.4, 0.5) is 23.9 Å². The lowest BCUT2D eigenvalue weighted by Gasteiger charge is -2.26. The van der Waals surface area contributed by atoms with Crippen LogP contribution in [0, 0.1) is 6.92 Å². The van der Waals surface area contributed by atoms with Gasteiger partial charge in [-0.1, -0.05) is 12.1 Å². The Morgan fingerprint density at radius 2 is 2.16 bits per heavy atom. The summed E-state index contributed by atoms with van der Waals surface area (Å²) in [6.45, 7) is 3.69. The summed E-state index contributed by atoms with van der Waals surface area (Å²) >= 11 is 0. The van der Waals surface area contributed by atoms with Crippen molar-refractivity contribution in [1.29, 1.82) is 0 Å². The van der Waals surface area contributed by atoms with Gasteiger partial charge in [0.05, 0.1) is 24.4 Å². The molecule has 8 nitrogen and oxygen atoms in total. The molecule has 0 fully saturated rings. The van der Waals surface area contributed by atoms with E-state index in [1.165, 1.54) is 24.1 Å². The first-order valence-electron chi connectivity index (χ1n) is 9.75. The lowest BCUT2D eigenvalue weighted by atomic mass is 10.0. The third-order valence-electron chi connectivity index (χ3n) is 4.82. The molecule has 0 radical (unpaired) electrons. The molecule has 31 heavy (non-hydrogen) atoms. The van der Waals surface area contributed by atoms with Crippen molar-refractivity contribution in [3.8, 4) is 0 Å². The average Bonchev–Trinajstić information content (AvgIpc) is 2.72. The largest absolute Gasteiger partial charge is 0.426 e. The predicted molar refractivity (Wildman–Crippen MR) is 106 cm³/mol. The highest BCUT2D eigenvalue weighted by atomic mass is 19.4. The van der Waals surface area contributed by atoms with Gasteiger partial charge in [-0.3, -0.25) is 0 Å². The number of aliphatic hydroxyl groups excluding tert-OH is 1. The van der Waals surface area contributed by atoms with Gasteiger partial charge >= 0.3 is 12.3 Å². The van der Waals surface area contributed by atoms with Gasteiger partial charge in [0.15, 0.2) is 0 Å². The van der Waals surface area contributed by atoms with Crippen LogP contribution >= 0.6 is 0 Å². The number of nitrogens with zero attached hydrogens (tertiary/aromatic N) is 3. The second-order valence-electron chi connectivity index (χ2n) is 7.39. The number of carbonyl (C=O) groups is 1. The maximum atomic E-state index is 13.0. The van der Waals surface area contributed by atoms with Gasteiger partial charge in [0.2, 0.25) is 5.95 Å². The van der Waals surface area contributed by atoms with E-state index in [-0.39, 0.29) is 31.3 Å². The molecule has 1 amide bonds. The molecular weight excluding hydrogens is 415 g/mol. The number of benzene rings is 1. The molecule has 0 bridgehead atoms. The molecule has 0 saturated heterocycles. The molecule has 1 aliphatic rings. The van der Waals surface area contributed by atoms with Crippen molar-refractivity contribution >= 4 is 12.0 Å². The van der Waals surface area contributed by atoms with Gasteiger partial charge in [-0.05, 0) is 43.0 Å². The number of hydrogen-bond donors (Lipinski definition) is 3. The van der Waals surface area contributed by atoms with Gasteiger partial charge in [-0.2, -0.15) is 13.2 Å². The minimum Gasteiger partial charge on any atom is -0.394 e. The van der Waals surface area contributed by atoms with Gasteiger partial charge < -0.3 is 20.6 Å². The zero-order valence-electron chi connectivity index (χ0n) is 17.2. The number of carbonyl (C=O) groups excluding carboxylic acids is 1. The number of hydroxylamine groups is 2. The normalized spacial score (nSPS) is 15.2. The van der Waals surface area contributed by atoms with E-state index in [1.807, 2.05) is 0 Å². The molecule has 0 aliphatic carbocycles. The van der Waals surface area contributed by atoms with E-state index < -0.39 is 17.8 Å². The average molecular weight is 439 g/mol. The second-order valence-corrected chi connectivity index (χ2v) is 7.39. The first kappa shape index (κ1) is 22.8. The van der Waals surface area contributed by atoms with E-state index in [2.05, 4.69) is 20.6 Å². The van der Waals surface area contributed by atoms with E-state index in [0.717, 1.165) is 11.6 Å². The Morgan fingerprint density at radius 3 is 2.87 bits per heavy atom. The standard InChI is InChI=1S/C20H24F3N5O3/c1-12-3-4-14(7-16(12)20(21,22)23)8-25-19(30)31-28-6-5-15-9-24-18(26-13(2)11-29)27-17(15)10-28/h3-4,7,9,13,29H,5-6,8,10-11H2,1-2H3,(H,25,30)(H,24,26,27)/t13-/m0/s1. The summed E-state index contributed by atoms with van der Waals surface area (Å²) in [6, 6.07) is 3.71. The fraction of sp³-hybridized carbons (Fsp3) is 0.450. The summed E-state index contributed by atoms with van der Waals surface area (Å²) in [4.78, 5) is 26.0. The highest BCUT2D eigenvalue weighted by Crippen LogP contribution is 2.32. The fourth-order valence-electron chi connectivity index (χ4n) is 3.10. The van der Waals surface area contributed by atoms with Gasteiger partial charge in [-0.25, -0.2) is 14.8 Å². The van der Waals surface area contributed by atoms with E-state index >= 15 is 0 Å². The zero-order valence-corrected chi connectivity index (χ0v) is 17.2. The molecule has 0 unspecified atom stereocenters. The van der Waals surface area contributed by atoms with Crippen molar-refractivity contribution in [2.24, 2.45) is 0 Å². The fourth-order valence-corrected chi connectivity index (χ4v) is 3.10. The molecule has 1 atom stereocenters. The lowest BCUT2D eigenvalue weighted by molar-refractivity contribution is -0.138. The van der Waals surface area contributed by atoms with Gasteiger partial charge in [0.25, 0.3) is 0 Å². The van der Waals surface area contributed by atoms with E-state index in [9.17, 15) is 18.0 Å². The van der Waals surface area contributed by atoms with Gasteiger partial charge in [-0.15, -0.1) is 5.06 Å². The molecule has 11 heteroatoms. The first-order valence-corrected chi connectivity index (χ1v) is 9.75. The van der Waals surface area contributed by atoms with Crippen LogP contribution in [0.3, 0.4) is 0 Å². The molecule has 0 saturated carbocycles. The van der Waals surface area contributed by atoms with E-state index in [4.69, 9.17) is 9.94 Å². The number of aromatic nitrogens is 2. The molecule has 1 aliphatic heterocycles. The summed E-state index contributed by atoms with van der Waals surface area (Å²) in [7, 11) is 0. The van der Waals surface area contributed by atoms with Crippen molar-refractivity contribution in [2.75, 3.05) is 18.5 Å².